The summed E-state index contributed by atoms with van der Waals surface area (Å²) in [5.74, 6) is 0.582. The first kappa shape index (κ1) is 10.8. The minimum Gasteiger partial charge on any atom is -0.338 e. The molecule has 1 aromatic heterocycles. The van der Waals surface area contributed by atoms with Crippen LogP contribution in [0.2, 0.25) is 0 Å². The second-order valence-corrected chi connectivity index (χ2v) is 6.80. The minimum absolute atomic E-state index is 0.273. The number of hydrogen-bond donors (Lipinski definition) is 0. The average molecular weight is 292 g/mol. The number of anilines is 1. The van der Waals surface area contributed by atoms with E-state index in [0.29, 0.717) is 19.0 Å². The van der Waals surface area contributed by atoms with Gasteiger partial charge in [0, 0.05) is 31.7 Å². The van der Waals surface area contributed by atoms with Crippen molar-refractivity contribution in [2.45, 2.75) is 5.25 Å². The van der Waals surface area contributed by atoms with Crippen LogP contribution in [0.1, 0.15) is 0 Å². The second-order valence-electron chi connectivity index (χ2n) is 3.56. The number of hydrogen-bond acceptors (Lipinski definition) is 5. The number of nitrogens with zero attached hydrogens (tertiary/aromatic N) is 3. The summed E-state index contributed by atoms with van der Waals surface area (Å²) >= 11 is 3.24. The molecule has 2 rings (SSSR count). The van der Waals surface area contributed by atoms with Crippen LogP contribution < -0.4 is 4.90 Å². The predicted octanol–water partition coefficient (Wildman–Crippen LogP) is 0.472. The lowest BCUT2D eigenvalue weighted by Gasteiger charge is -2.37. The number of aromatic nitrogens is 2. The maximum absolute atomic E-state index is 11.2. The van der Waals surface area contributed by atoms with E-state index in [0.717, 1.165) is 4.47 Å². The Morgan fingerprint density at radius 2 is 1.93 bits per heavy atom. The highest BCUT2D eigenvalue weighted by molar-refractivity contribution is 9.10. The fourth-order valence-electron chi connectivity index (χ4n) is 1.34. The molecule has 0 amide bonds. The molecule has 82 valence electrons. The monoisotopic (exact) mass is 291 g/mol. The van der Waals surface area contributed by atoms with Crippen molar-refractivity contribution in [3.8, 4) is 0 Å². The van der Waals surface area contributed by atoms with E-state index in [1.807, 2.05) is 4.90 Å². The van der Waals surface area contributed by atoms with E-state index in [1.165, 1.54) is 6.26 Å². The first-order valence-corrected chi connectivity index (χ1v) is 7.13. The van der Waals surface area contributed by atoms with E-state index in [1.54, 1.807) is 12.4 Å². The van der Waals surface area contributed by atoms with E-state index in [2.05, 4.69) is 25.9 Å². The third-order valence-electron chi connectivity index (χ3n) is 2.34. The number of rotatable bonds is 2. The van der Waals surface area contributed by atoms with Crippen molar-refractivity contribution < 1.29 is 8.42 Å². The topological polar surface area (TPSA) is 63.2 Å². The molecule has 0 saturated carbocycles. The summed E-state index contributed by atoms with van der Waals surface area (Å²) in [4.78, 5) is 10.0. The van der Waals surface area contributed by atoms with Crippen molar-refractivity contribution in [1.82, 2.24) is 9.97 Å². The fourth-order valence-corrected chi connectivity index (χ4v) is 2.45. The van der Waals surface area contributed by atoms with Gasteiger partial charge in [-0.05, 0) is 15.9 Å². The molecular formula is C8H10BrN3O2S. The summed E-state index contributed by atoms with van der Waals surface area (Å²) in [6, 6.07) is 0. The summed E-state index contributed by atoms with van der Waals surface area (Å²) in [6.07, 6.45) is 4.56. The van der Waals surface area contributed by atoms with Crippen molar-refractivity contribution in [3.63, 3.8) is 0 Å². The first-order chi connectivity index (χ1) is 6.97. The molecule has 0 bridgehead atoms. The largest absolute Gasteiger partial charge is 0.338 e. The molecule has 15 heavy (non-hydrogen) atoms. The van der Waals surface area contributed by atoms with E-state index >= 15 is 0 Å². The van der Waals surface area contributed by atoms with Crippen molar-refractivity contribution in [3.05, 3.63) is 16.9 Å². The number of halogens is 1. The lowest BCUT2D eigenvalue weighted by atomic mass is 10.2. The van der Waals surface area contributed by atoms with Crippen molar-refractivity contribution in [2.24, 2.45) is 0 Å². The maximum Gasteiger partial charge on any atom is 0.225 e. The smallest absolute Gasteiger partial charge is 0.225 e. The van der Waals surface area contributed by atoms with Crippen LogP contribution in [-0.2, 0) is 9.84 Å². The van der Waals surface area contributed by atoms with Gasteiger partial charge in [-0.3, -0.25) is 0 Å². The van der Waals surface area contributed by atoms with Crippen molar-refractivity contribution in [1.29, 1.82) is 0 Å². The maximum atomic E-state index is 11.2. The molecule has 1 aliphatic rings. The Balaban J connectivity index is 2.04. The Labute approximate surface area is 96.6 Å². The van der Waals surface area contributed by atoms with E-state index in [9.17, 15) is 8.42 Å². The van der Waals surface area contributed by atoms with Gasteiger partial charge in [0.2, 0.25) is 5.95 Å². The molecule has 0 atom stereocenters. The summed E-state index contributed by atoms with van der Waals surface area (Å²) in [7, 11) is -2.92. The van der Waals surface area contributed by atoms with E-state index in [-0.39, 0.29) is 5.25 Å². The predicted molar refractivity (Wildman–Crippen MR) is 60.6 cm³/mol. The molecule has 1 aliphatic heterocycles. The minimum atomic E-state index is -2.92. The van der Waals surface area contributed by atoms with Crippen LogP contribution in [0, 0.1) is 0 Å². The number of sulfone groups is 1. The quantitative estimate of drug-likeness (QED) is 0.793. The SMILES string of the molecule is CS(=O)(=O)C1CN(c2ncc(Br)cn2)C1. The zero-order chi connectivity index (χ0) is 11.1. The first-order valence-electron chi connectivity index (χ1n) is 4.38. The zero-order valence-electron chi connectivity index (χ0n) is 8.09. The van der Waals surface area contributed by atoms with Crippen LogP contribution in [0.25, 0.3) is 0 Å². The molecule has 1 aromatic rings. The second kappa shape index (κ2) is 3.71. The fraction of sp³-hybridized carbons (Fsp3) is 0.500. The van der Waals surface area contributed by atoms with Crippen LogP contribution >= 0.6 is 15.9 Å². The third kappa shape index (κ3) is 2.28. The zero-order valence-corrected chi connectivity index (χ0v) is 10.5. The van der Waals surface area contributed by atoms with Gasteiger partial charge in [-0.2, -0.15) is 0 Å². The summed E-state index contributed by atoms with van der Waals surface area (Å²) in [6.45, 7) is 0.973. The van der Waals surface area contributed by atoms with Gasteiger partial charge in [0.15, 0.2) is 9.84 Å². The molecule has 0 unspecified atom stereocenters. The van der Waals surface area contributed by atoms with Gasteiger partial charge in [0.1, 0.15) is 0 Å². The standard InChI is InChI=1S/C8H10BrN3O2S/c1-15(13,14)7-4-12(5-7)8-10-2-6(9)3-11-8/h2-3,7H,4-5H2,1H3. The summed E-state index contributed by atoms with van der Waals surface area (Å²) in [5, 5.41) is -0.273. The van der Waals surface area contributed by atoms with Crippen LogP contribution in [0.4, 0.5) is 5.95 Å². The van der Waals surface area contributed by atoms with Crippen LogP contribution in [-0.4, -0.2) is 43.0 Å². The molecule has 1 saturated heterocycles. The van der Waals surface area contributed by atoms with Crippen LogP contribution in [0.3, 0.4) is 0 Å². The highest BCUT2D eigenvalue weighted by Crippen LogP contribution is 2.21. The van der Waals surface area contributed by atoms with Gasteiger partial charge in [-0.1, -0.05) is 0 Å². The Bertz CT molecular complexity index is 453. The van der Waals surface area contributed by atoms with Crippen molar-refractivity contribution >= 4 is 31.7 Å². The molecule has 7 heteroatoms. The molecule has 1 fully saturated rings. The Hall–Kier alpha value is -0.690. The lowest BCUT2D eigenvalue weighted by molar-refractivity contribution is 0.541. The van der Waals surface area contributed by atoms with Gasteiger partial charge < -0.3 is 4.90 Å². The van der Waals surface area contributed by atoms with E-state index in [4.69, 9.17) is 0 Å². The van der Waals surface area contributed by atoms with Crippen LogP contribution in [0.5, 0.6) is 0 Å². The van der Waals surface area contributed by atoms with Crippen molar-refractivity contribution in [2.75, 3.05) is 24.2 Å². The Morgan fingerprint density at radius 1 is 1.40 bits per heavy atom. The van der Waals surface area contributed by atoms with Gasteiger partial charge in [-0.25, -0.2) is 18.4 Å². The molecule has 0 aromatic carbocycles. The normalized spacial score (nSPS) is 17.6. The van der Waals surface area contributed by atoms with E-state index < -0.39 is 9.84 Å². The molecule has 0 N–H and O–H groups in total. The Morgan fingerprint density at radius 3 is 2.40 bits per heavy atom. The van der Waals surface area contributed by atoms with Gasteiger partial charge >= 0.3 is 0 Å². The molecular weight excluding hydrogens is 282 g/mol. The van der Waals surface area contributed by atoms with Crippen LogP contribution in [0.15, 0.2) is 16.9 Å². The molecule has 0 aliphatic carbocycles. The highest BCUT2D eigenvalue weighted by Gasteiger charge is 2.35. The highest BCUT2D eigenvalue weighted by atomic mass is 79.9. The molecule has 2 heterocycles. The summed E-state index contributed by atoms with van der Waals surface area (Å²) < 4.78 is 23.2. The third-order valence-corrected chi connectivity index (χ3v) is 4.26. The summed E-state index contributed by atoms with van der Waals surface area (Å²) in [5.41, 5.74) is 0. The molecule has 0 radical (unpaired) electrons. The Kier molecular flexibility index (Phi) is 2.68. The van der Waals surface area contributed by atoms with Gasteiger partial charge in [-0.15, -0.1) is 0 Å². The van der Waals surface area contributed by atoms with Gasteiger partial charge in [0.25, 0.3) is 0 Å². The average Bonchev–Trinajstić information content (AvgIpc) is 2.03. The molecule has 5 nitrogen and oxygen atoms in total. The van der Waals surface area contributed by atoms with Gasteiger partial charge in [0.05, 0.1) is 9.72 Å². The molecule has 0 spiro atoms. The lowest BCUT2D eigenvalue weighted by Crippen LogP contribution is -2.55.